The maximum absolute atomic E-state index is 12.7. The van der Waals surface area contributed by atoms with Crippen molar-refractivity contribution in [2.45, 2.75) is 0 Å². The Hall–Kier alpha value is -2.38. The molecule has 0 radical (unpaired) electrons. The van der Waals surface area contributed by atoms with Crippen LogP contribution in [0.2, 0.25) is 0 Å². The van der Waals surface area contributed by atoms with Crippen LogP contribution in [0.4, 0.5) is 0 Å². The Kier molecular flexibility index (Phi) is 4.90. The Labute approximate surface area is 152 Å². The van der Waals surface area contributed by atoms with Crippen LogP contribution in [0, 0.1) is 0 Å². The van der Waals surface area contributed by atoms with E-state index in [1.165, 1.54) is 0 Å². The standard InChI is InChI=1S/C19H23N3O4/c23-18(14-20-9-11-25-12-10-20)21-5-7-22(8-6-21)19(24)17-13-15-3-1-2-4-16(15)26-17/h1-4,13H,5-12,14H2. The molecule has 26 heavy (non-hydrogen) atoms. The minimum absolute atomic E-state index is 0.110. The molecule has 0 N–H and O–H groups in total. The number of hydrogen-bond donors (Lipinski definition) is 0. The predicted molar refractivity (Wildman–Crippen MR) is 96.0 cm³/mol. The van der Waals surface area contributed by atoms with Crippen LogP contribution >= 0.6 is 0 Å². The van der Waals surface area contributed by atoms with Crippen LogP contribution in [0.15, 0.2) is 34.7 Å². The topological polar surface area (TPSA) is 66.2 Å². The molecule has 1 aromatic heterocycles. The van der Waals surface area contributed by atoms with Crippen molar-refractivity contribution < 1.29 is 18.7 Å². The van der Waals surface area contributed by atoms with Crippen molar-refractivity contribution in [3.05, 3.63) is 36.1 Å². The zero-order chi connectivity index (χ0) is 17.9. The third kappa shape index (κ3) is 3.59. The van der Waals surface area contributed by atoms with E-state index in [9.17, 15) is 9.59 Å². The molecule has 7 nitrogen and oxygen atoms in total. The molecule has 2 aliphatic rings. The summed E-state index contributed by atoms with van der Waals surface area (Å²) < 4.78 is 11.0. The first-order valence-electron chi connectivity index (χ1n) is 9.06. The SMILES string of the molecule is O=C(CN1CCOCC1)N1CCN(C(=O)c2cc3ccccc3o2)CC1. The van der Waals surface area contributed by atoms with Crippen LogP contribution in [-0.4, -0.2) is 85.5 Å². The normalized spacial score (nSPS) is 19.1. The molecule has 2 aliphatic heterocycles. The number of rotatable bonds is 3. The van der Waals surface area contributed by atoms with Gasteiger partial charge in [0.1, 0.15) is 5.58 Å². The molecule has 4 rings (SSSR count). The monoisotopic (exact) mass is 357 g/mol. The highest BCUT2D eigenvalue weighted by Crippen LogP contribution is 2.20. The molecule has 0 spiro atoms. The molecule has 0 bridgehead atoms. The van der Waals surface area contributed by atoms with E-state index in [0.29, 0.717) is 51.7 Å². The van der Waals surface area contributed by atoms with E-state index in [1.54, 1.807) is 11.0 Å². The molecule has 0 aliphatic carbocycles. The summed E-state index contributed by atoms with van der Waals surface area (Å²) in [6, 6.07) is 9.38. The van der Waals surface area contributed by atoms with Crippen LogP contribution in [0.25, 0.3) is 11.0 Å². The molecule has 3 heterocycles. The van der Waals surface area contributed by atoms with Gasteiger partial charge in [0.2, 0.25) is 5.91 Å². The molecule has 0 saturated carbocycles. The Balaban J connectivity index is 1.32. The molecule has 2 amide bonds. The van der Waals surface area contributed by atoms with Crippen LogP contribution < -0.4 is 0 Å². The second kappa shape index (κ2) is 7.47. The molecule has 2 fully saturated rings. The summed E-state index contributed by atoms with van der Waals surface area (Å²) in [7, 11) is 0. The smallest absolute Gasteiger partial charge is 0.289 e. The lowest BCUT2D eigenvalue weighted by atomic mass is 10.2. The fourth-order valence-electron chi connectivity index (χ4n) is 3.45. The van der Waals surface area contributed by atoms with E-state index in [-0.39, 0.29) is 11.8 Å². The predicted octanol–water partition coefficient (Wildman–Crippen LogP) is 1.05. The number of furan rings is 1. The maximum atomic E-state index is 12.7. The lowest BCUT2D eigenvalue weighted by molar-refractivity contribution is -0.134. The average Bonchev–Trinajstić information content (AvgIpc) is 3.12. The van der Waals surface area contributed by atoms with Crippen molar-refractivity contribution in [2.75, 3.05) is 59.0 Å². The molecule has 7 heteroatoms. The van der Waals surface area contributed by atoms with Crippen molar-refractivity contribution in [1.29, 1.82) is 0 Å². The number of carbonyl (C=O) groups excluding carboxylic acids is 2. The number of piperazine rings is 1. The van der Waals surface area contributed by atoms with Crippen LogP contribution in [0.5, 0.6) is 0 Å². The largest absolute Gasteiger partial charge is 0.451 e. The average molecular weight is 357 g/mol. The Morgan fingerprint density at radius 3 is 2.35 bits per heavy atom. The summed E-state index contributed by atoms with van der Waals surface area (Å²) in [6.45, 7) is 5.60. The maximum Gasteiger partial charge on any atom is 0.289 e. The zero-order valence-corrected chi connectivity index (χ0v) is 14.7. The van der Waals surface area contributed by atoms with E-state index in [4.69, 9.17) is 9.15 Å². The third-order valence-electron chi connectivity index (χ3n) is 5.02. The number of nitrogens with zero attached hydrogens (tertiary/aromatic N) is 3. The minimum atomic E-state index is -0.110. The highest BCUT2D eigenvalue weighted by atomic mass is 16.5. The lowest BCUT2D eigenvalue weighted by Gasteiger charge is -2.36. The lowest BCUT2D eigenvalue weighted by Crippen LogP contribution is -2.53. The number of amides is 2. The fraction of sp³-hybridized carbons (Fsp3) is 0.474. The summed E-state index contributed by atoms with van der Waals surface area (Å²) in [5.41, 5.74) is 0.718. The van der Waals surface area contributed by atoms with E-state index in [1.807, 2.05) is 29.2 Å². The van der Waals surface area contributed by atoms with Gasteiger partial charge in [0.15, 0.2) is 5.76 Å². The van der Waals surface area contributed by atoms with E-state index < -0.39 is 0 Å². The zero-order valence-electron chi connectivity index (χ0n) is 14.7. The van der Waals surface area contributed by atoms with E-state index in [2.05, 4.69) is 4.90 Å². The van der Waals surface area contributed by atoms with Crippen molar-refractivity contribution in [3.8, 4) is 0 Å². The molecular formula is C19H23N3O4. The number of ether oxygens (including phenoxy) is 1. The van der Waals surface area contributed by atoms with Gasteiger partial charge in [-0.3, -0.25) is 14.5 Å². The number of morpholine rings is 1. The molecule has 138 valence electrons. The van der Waals surface area contributed by atoms with E-state index >= 15 is 0 Å². The molecule has 1 aromatic carbocycles. The first-order chi connectivity index (χ1) is 12.7. The van der Waals surface area contributed by atoms with Gasteiger partial charge in [-0.05, 0) is 12.1 Å². The third-order valence-corrected chi connectivity index (χ3v) is 5.02. The van der Waals surface area contributed by atoms with Gasteiger partial charge in [-0.1, -0.05) is 18.2 Å². The van der Waals surface area contributed by atoms with Gasteiger partial charge in [-0.2, -0.15) is 0 Å². The number of fused-ring (bicyclic) bond motifs is 1. The summed E-state index contributed by atoms with van der Waals surface area (Å²) >= 11 is 0. The van der Waals surface area contributed by atoms with Crippen molar-refractivity contribution >= 4 is 22.8 Å². The van der Waals surface area contributed by atoms with Gasteiger partial charge in [0.05, 0.1) is 19.8 Å². The molecular weight excluding hydrogens is 334 g/mol. The second-order valence-electron chi connectivity index (χ2n) is 6.71. The molecule has 0 atom stereocenters. The highest BCUT2D eigenvalue weighted by molar-refractivity contribution is 5.96. The van der Waals surface area contributed by atoms with Gasteiger partial charge < -0.3 is 19.0 Å². The first kappa shape index (κ1) is 17.1. The van der Waals surface area contributed by atoms with Gasteiger partial charge in [0.25, 0.3) is 5.91 Å². The molecule has 2 aromatic rings. The van der Waals surface area contributed by atoms with Gasteiger partial charge >= 0.3 is 0 Å². The second-order valence-corrected chi connectivity index (χ2v) is 6.71. The van der Waals surface area contributed by atoms with Crippen LogP contribution in [0.3, 0.4) is 0 Å². The number of para-hydroxylation sites is 1. The van der Waals surface area contributed by atoms with Crippen molar-refractivity contribution in [1.82, 2.24) is 14.7 Å². The van der Waals surface area contributed by atoms with E-state index in [0.717, 1.165) is 24.1 Å². The minimum Gasteiger partial charge on any atom is -0.451 e. The molecule has 2 saturated heterocycles. The first-order valence-corrected chi connectivity index (χ1v) is 9.06. The Morgan fingerprint density at radius 1 is 0.923 bits per heavy atom. The highest BCUT2D eigenvalue weighted by Gasteiger charge is 2.27. The van der Waals surface area contributed by atoms with Gasteiger partial charge in [0, 0.05) is 44.7 Å². The summed E-state index contributed by atoms with van der Waals surface area (Å²) in [5, 5.41) is 0.926. The number of benzene rings is 1. The Bertz CT molecular complexity index is 756. The summed E-state index contributed by atoms with van der Waals surface area (Å²) in [6.07, 6.45) is 0. The number of carbonyl (C=O) groups is 2. The van der Waals surface area contributed by atoms with Gasteiger partial charge in [-0.25, -0.2) is 0 Å². The number of hydrogen-bond acceptors (Lipinski definition) is 5. The fourth-order valence-corrected chi connectivity index (χ4v) is 3.45. The van der Waals surface area contributed by atoms with Crippen molar-refractivity contribution in [2.24, 2.45) is 0 Å². The molecule has 0 unspecified atom stereocenters. The van der Waals surface area contributed by atoms with Gasteiger partial charge in [-0.15, -0.1) is 0 Å². The van der Waals surface area contributed by atoms with Crippen molar-refractivity contribution in [3.63, 3.8) is 0 Å². The van der Waals surface area contributed by atoms with Crippen LogP contribution in [0.1, 0.15) is 10.6 Å². The summed E-state index contributed by atoms with van der Waals surface area (Å²) in [5.74, 6) is 0.378. The Morgan fingerprint density at radius 2 is 1.62 bits per heavy atom. The van der Waals surface area contributed by atoms with Crippen LogP contribution in [-0.2, 0) is 9.53 Å². The quantitative estimate of drug-likeness (QED) is 0.822. The summed E-state index contributed by atoms with van der Waals surface area (Å²) in [4.78, 5) is 30.8.